The predicted octanol–water partition coefficient (Wildman–Crippen LogP) is 3.21. The summed E-state index contributed by atoms with van der Waals surface area (Å²) >= 11 is 6.43. The molecule has 0 bridgehead atoms. The molecule has 230 valence electrons. The Balaban J connectivity index is 1.88. The third-order valence-electron chi connectivity index (χ3n) is 6.56. The number of hydrogen-bond acceptors (Lipinski definition) is 8. The van der Waals surface area contributed by atoms with Crippen molar-refractivity contribution in [1.82, 2.24) is 14.0 Å². The van der Waals surface area contributed by atoms with Crippen molar-refractivity contribution in [3.8, 4) is 5.88 Å². The lowest BCUT2D eigenvalue weighted by Crippen LogP contribution is -2.51. The molecule has 1 aromatic heterocycles. The number of nitrogens with zero attached hydrogens (tertiary/aromatic N) is 3. The van der Waals surface area contributed by atoms with Crippen LogP contribution in [0.2, 0.25) is 5.02 Å². The molecule has 0 saturated carbocycles. The van der Waals surface area contributed by atoms with E-state index >= 15 is 0 Å². The van der Waals surface area contributed by atoms with Gasteiger partial charge in [0.25, 0.3) is 0 Å². The molecule has 2 heterocycles. The van der Waals surface area contributed by atoms with Crippen molar-refractivity contribution in [3.63, 3.8) is 0 Å². The van der Waals surface area contributed by atoms with Crippen LogP contribution in [0.1, 0.15) is 42.3 Å². The van der Waals surface area contributed by atoms with Gasteiger partial charge in [0.2, 0.25) is 5.88 Å². The Bertz CT molecular complexity index is 1910. The van der Waals surface area contributed by atoms with Gasteiger partial charge in [-0.25, -0.2) is 9.52 Å². The summed E-state index contributed by atoms with van der Waals surface area (Å²) in [5, 5.41) is 28.7. The molecule has 1 unspecified atom stereocenters. The molecule has 0 spiro atoms. The first-order chi connectivity index (χ1) is 19.9. The Morgan fingerprint density at radius 3 is 2.49 bits per heavy atom. The van der Waals surface area contributed by atoms with E-state index in [2.05, 4.69) is 14.9 Å². The average Bonchev–Trinajstić information content (AvgIpc) is 3.44. The van der Waals surface area contributed by atoms with Crippen LogP contribution in [-0.4, -0.2) is 41.5 Å². The van der Waals surface area contributed by atoms with Crippen molar-refractivity contribution in [2.75, 3.05) is 0 Å². The third-order valence-corrected chi connectivity index (χ3v) is 8.86. The SMILES string of the molecule is CC(C)(C)C(Cn1c(O)c(C(Cc2ccc(Cl)cc2C(F)(F)F)=c2ccc3c(c2)C=NN=3)sc1=O)NS(=O)(=O)NC(=O)O. The highest BCUT2D eigenvalue weighted by atomic mass is 35.5. The van der Waals surface area contributed by atoms with E-state index in [1.165, 1.54) is 23.1 Å². The van der Waals surface area contributed by atoms with E-state index in [9.17, 15) is 36.3 Å². The lowest BCUT2D eigenvalue weighted by atomic mass is 9.87. The Kier molecular flexibility index (Phi) is 8.79. The fourth-order valence-corrected chi connectivity index (χ4v) is 6.54. The number of thiazole rings is 1. The van der Waals surface area contributed by atoms with Crippen LogP contribution >= 0.6 is 22.9 Å². The number of alkyl halides is 3. The lowest BCUT2D eigenvalue weighted by Gasteiger charge is -2.31. The van der Waals surface area contributed by atoms with Crippen molar-refractivity contribution in [2.24, 2.45) is 15.6 Å². The third kappa shape index (κ3) is 7.44. The second-order valence-corrected chi connectivity index (χ2v) is 13.5. The second kappa shape index (κ2) is 11.7. The number of aromatic hydroxyl groups is 1. The second-order valence-electron chi connectivity index (χ2n) is 10.7. The molecular formula is C26H25ClF3N5O6S2. The van der Waals surface area contributed by atoms with Gasteiger partial charge in [0.1, 0.15) is 0 Å². The first kappa shape index (κ1) is 32.2. The molecule has 1 aliphatic heterocycles. The van der Waals surface area contributed by atoms with E-state index in [1.807, 2.05) is 0 Å². The van der Waals surface area contributed by atoms with Gasteiger partial charge in [-0.05, 0) is 46.0 Å². The van der Waals surface area contributed by atoms with Crippen LogP contribution in [0.25, 0.3) is 5.57 Å². The molecule has 0 aliphatic carbocycles. The fraction of sp³-hybridized carbons (Fsp3) is 0.308. The van der Waals surface area contributed by atoms with E-state index in [1.54, 1.807) is 39.0 Å². The molecular weight excluding hydrogens is 635 g/mol. The average molecular weight is 660 g/mol. The topological polar surface area (TPSA) is 162 Å². The first-order valence-electron chi connectivity index (χ1n) is 12.4. The summed E-state index contributed by atoms with van der Waals surface area (Å²) in [6.07, 6.45) is -5.50. The highest BCUT2D eigenvalue weighted by Gasteiger charge is 2.35. The highest BCUT2D eigenvalue weighted by molar-refractivity contribution is 7.88. The van der Waals surface area contributed by atoms with Crippen LogP contribution in [0.4, 0.5) is 18.0 Å². The zero-order valence-corrected chi connectivity index (χ0v) is 25.1. The van der Waals surface area contributed by atoms with Gasteiger partial charge in [-0.2, -0.15) is 36.5 Å². The largest absolute Gasteiger partial charge is 0.493 e. The maximum Gasteiger partial charge on any atom is 0.419 e. The highest BCUT2D eigenvalue weighted by Crippen LogP contribution is 2.37. The molecule has 1 amide bonds. The summed E-state index contributed by atoms with van der Waals surface area (Å²) in [4.78, 5) is 23.4. The van der Waals surface area contributed by atoms with E-state index in [-0.39, 0.29) is 27.5 Å². The standard InChI is InChI=1S/C26H25ClF3N5O6S2/c1-25(2,3)20(33-43(40,41)34-23(37)38)12-35-22(36)21(42-24(35)39)17(13-5-7-19-15(8-13)11-31-32-19)9-14-4-6-16(27)10-18(14)26(28,29)30/h4-8,10-11,20,33-34,36H,9,12H2,1-3H3,(H,37,38). The molecule has 4 N–H and O–H groups in total. The van der Waals surface area contributed by atoms with Crippen molar-refractivity contribution < 1.29 is 36.6 Å². The molecule has 1 aliphatic rings. The lowest BCUT2D eigenvalue weighted by molar-refractivity contribution is -0.138. The van der Waals surface area contributed by atoms with Gasteiger partial charge in [0.15, 0.2) is 0 Å². The summed E-state index contributed by atoms with van der Waals surface area (Å²) in [6, 6.07) is 6.99. The number of nitrogens with one attached hydrogen (secondary N) is 2. The molecule has 4 rings (SSSR count). The zero-order chi connectivity index (χ0) is 31.9. The normalized spacial score (nSPS) is 14.7. The minimum absolute atomic E-state index is 0.0425. The van der Waals surface area contributed by atoms with Gasteiger partial charge in [0.05, 0.1) is 22.0 Å². The Morgan fingerprint density at radius 1 is 1.16 bits per heavy atom. The summed E-state index contributed by atoms with van der Waals surface area (Å²) in [7, 11) is -4.57. The predicted molar refractivity (Wildman–Crippen MR) is 154 cm³/mol. The van der Waals surface area contributed by atoms with Crippen LogP contribution in [0.5, 0.6) is 5.88 Å². The fourth-order valence-electron chi connectivity index (χ4n) is 4.32. The van der Waals surface area contributed by atoms with Crippen LogP contribution in [0.15, 0.2) is 51.4 Å². The molecule has 43 heavy (non-hydrogen) atoms. The minimum atomic E-state index is -4.75. The van der Waals surface area contributed by atoms with Gasteiger partial charge in [0, 0.05) is 29.6 Å². The molecule has 17 heteroatoms. The van der Waals surface area contributed by atoms with Crippen molar-refractivity contribution in [2.45, 2.75) is 46.0 Å². The number of amides is 1. The number of benzene rings is 2. The van der Waals surface area contributed by atoms with Gasteiger partial charge < -0.3 is 10.2 Å². The number of carbonyl (C=O) groups is 1. The molecule has 0 saturated heterocycles. The van der Waals surface area contributed by atoms with Gasteiger partial charge >= 0.3 is 27.4 Å². The van der Waals surface area contributed by atoms with Crippen LogP contribution in [0.3, 0.4) is 0 Å². The molecule has 2 aromatic carbocycles. The van der Waals surface area contributed by atoms with E-state index in [0.29, 0.717) is 27.5 Å². The van der Waals surface area contributed by atoms with Crippen molar-refractivity contribution in [3.05, 3.63) is 83.2 Å². The number of fused-ring (bicyclic) bond motifs is 1. The monoisotopic (exact) mass is 659 g/mol. The summed E-state index contributed by atoms with van der Waals surface area (Å²) in [5.41, 5.74) is -1.30. The number of hydrogen-bond donors (Lipinski definition) is 4. The Morgan fingerprint density at radius 2 is 1.86 bits per heavy atom. The number of halogens is 4. The summed E-state index contributed by atoms with van der Waals surface area (Å²) in [5.74, 6) is -0.606. The molecule has 1 atom stereocenters. The number of aromatic nitrogens is 1. The van der Waals surface area contributed by atoms with Crippen molar-refractivity contribution in [1.29, 1.82) is 0 Å². The summed E-state index contributed by atoms with van der Waals surface area (Å²) in [6.45, 7) is 4.46. The Hall–Kier alpha value is -3.73. The van der Waals surface area contributed by atoms with Gasteiger partial charge in [-0.1, -0.05) is 55.8 Å². The van der Waals surface area contributed by atoms with Crippen molar-refractivity contribution >= 4 is 51.0 Å². The zero-order valence-electron chi connectivity index (χ0n) is 22.7. The molecule has 11 nitrogen and oxygen atoms in total. The van der Waals surface area contributed by atoms with E-state index in [0.717, 1.165) is 10.6 Å². The molecule has 0 radical (unpaired) electrons. The van der Waals surface area contributed by atoms with Gasteiger partial charge in [-0.3, -0.25) is 9.36 Å². The maximum atomic E-state index is 14.0. The van der Waals surface area contributed by atoms with E-state index < -0.39 is 56.8 Å². The smallest absolute Gasteiger partial charge is 0.419 e. The molecule has 0 fully saturated rings. The van der Waals surface area contributed by atoms with Crippen LogP contribution in [0, 0.1) is 5.41 Å². The maximum absolute atomic E-state index is 14.0. The van der Waals surface area contributed by atoms with E-state index in [4.69, 9.17) is 16.7 Å². The molecule has 3 aromatic rings. The number of rotatable bonds is 8. The number of carboxylic acid groups (broad SMARTS) is 1. The first-order valence-corrected chi connectivity index (χ1v) is 15.1. The quantitative estimate of drug-likeness (QED) is 0.290. The summed E-state index contributed by atoms with van der Waals surface area (Å²) < 4.78 is 71.0. The van der Waals surface area contributed by atoms with Crippen LogP contribution < -0.4 is 24.9 Å². The van der Waals surface area contributed by atoms with Crippen LogP contribution in [-0.2, 0) is 29.4 Å². The minimum Gasteiger partial charge on any atom is -0.493 e. The van der Waals surface area contributed by atoms with Gasteiger partial charge in [-0.15, -0.1) is 0 Å². The Labute approximate surface area is 251 Å².